The molecule has 5 nitrogen and oxygen atoms in total. The van der Waals surface area contributed by atoms with Crippen molar-refractivity contribution in [3.05, 3.63) is 32.8 Å². The topological polar surface area (TPSA) is 81.2 Å². The molecule has 15 heavy (non-hydrogen) atoms. The SMILES string of the molecule is CC(CN)Nc1ccc(Br)c([N+](=O)[O-])c1. The molecule has 1 aromatic rings. The molecule has 3 N–H and O–H groups in total. The first-order chi connectivity index (χ1) is 7.04. The van der Waals surface area contributed by atoms with Crippen molar-refractivity contribution in [2.24, 2.45) is 5.73 Å². The Morgan fingerprint density at radius 2 is 2.33 bits per heavy atom. The van der Waals surface area contributed by atoms with E-state index in [0.717, 1.165) is 0 Å². The molecule has 1 rings (SSSR count). The third-order valence-electron chi connectivity index (χ3n) is 1.91. The first-order valence-electron chi connectivity index (χ1n) is 4.45. The van der Waals surface area contributed by atoms with Gasteiger partial charge in [0.25, 0.3) is 5.69 Å². The van der Waals surface area contributed by atoms with E-state index in [1.54, 1.807) is 12.1 Å². The Balaban J connectivity index is 2.92. The number of nitrogens with one attached hydrogen (secondary N) is 1. The highest BCUT2D eigenvalue weighted by atomic mass is 79.9. The van der Waals surface area contributed by atoms with Crippen LogP contribution in [-0.4, -0.2) is 17.5 Å². The fourth-order valence-corrected chi connectivity index (χ4v) is 1.48. The highest BCUT2D eigenvalue weighted by molar-refractivity contribution is 9.10. The summed E-state index contributed by atoms with van der Waals surface area (Å²) in [7, 11) is 0. The standard InChI is InChI=1S/C9H12BrN3O2/c1-6(5-11)12-7-2-3-8(10)9(4-7)13(14)15/h2-4,6,12H,5,11H2,1H3. The predicted molar refractivity (Wildman–Crippen MR) is 62.9 cm³/mol. The van der Waals surface area contributed by atoms with E-state index in [-0.39, 0.29) is 11.7 Å². The van der Waals surface area contributed by atoms with E-state index in [9.17, 15) is 10.1 Å². The Labute approximate surface area is 95.9 Å². The molecule has 0 saturated carbocycles. The molecule has 0 aliphatic carbocycles. The van der Waals surface area contributed by atoms with Gasteiger partial charge in [-0.2, -0.15) is 0 Å². The van der Waals surface area contributed by atoms with E-state index >= 15 is 0 Å². The molecule has 0 aromatic heterocycles. The molecule has 1 aromatic carbocycles. The summed E-state index contributed by atoms with van der Waals surface area (Å²) in [5.41, 5.74) is 6.18. The summed E-state index contributed by atoms with van der Waals surface area (Å²) in [5, 5.41) is 13.7. The van der Waals surface area contributed by atoms with Gasteiger partial charge in [0.2, 0.25) is 0 Å². The van der Waals surface area contributed by atoms with Gasteiger partial charge in [-0.3, -0.25) is 10.1 Å². The van der Waals surface area contributed by atoms with E-state index < -0.39 is 4.92 Å². The summed E-state index contributed by atoms with van der Waals surface area (Å²) in [6.45, 7) is 2.39. The minimum atomic E-state index is -0.428. The smallest absolute Gasteiger partial charge is 0.285 e. The lowest BCUT2D eigenvalue weighted by molar-refractivity contribution is -0.385. The first kappa shape index (κ1) is 11.9. The molecule has 0 heterocycles. The minimum Gasteiger partial charge on any atom is -0.381 e. The molecule has 0 fully saturated rings. The molecule has 6 heteroatoms. The Morgan fingerprint density at radius 3 is 2.87 bits per heavy atom. The van der Waals surface area contributed by atoms with Gasteiger partial charge < -0.3 is 11.1 Å². The number of anilines is 1. The monoisotopic (exact) mass is 273 g/mol. The number of rotatable bonds is 4. The van der Waals surface area contributed by atoms with Gasteiger partial charge >= 0.3 is 0 Å². The maximum atomic E-state index is 10.7. The van der Waals surface area contributed by atoms with Crippen molar-refractivity contribution in [1.82, 2.24) is 0 Å². The van der Waals surface area contributed by atoms with Crippen LogP contribution >= 0.6 is 15.9 Å². The Bertz CT molecular complexity index is 370. The van der Waals surface area contributed by atoms with Gasteiger partial charge in [-0.25, -0.2) is 0 Å². The van der Waals surface area contributed by atoms with Crippen LogP contribution in [-0.2, 0) is 0 Å². The lowest BCUT2D eigenvalue weighted by Gasteiger charge is -2.12. The predicted octanol–water partition coefficient (Wildman–Crippen LogP) is 2.12. The van der Waals surface area contributed by atoms with Crippen LogP contribution in [0, 0.1) is 10.1 Å². The van der Waals surface area contributed by atoms with Crippen LogP contribution in [0.3, 0.4) is 0 Å². The molecule has 82 valence electrons. The summed E-state index contributed by atoms with van der Waals surface area (Å²) in [6.07, 6.45) is 0. The minimum absolute atomic E-state index is 0.0456. The van der Waals surface area contributed by atoms with Crippen LogP contribution in [0.1, 0.15) is 6.92 Å². The van der Waals surface area contributed by atoms with Crippen LogP contribution in [0.15, 0.2) is 22.7 Å². The molecule has 0 spiro atoms. The molecule has 0 radical (unpaired) electrons. The summed E-state index contributed by atoms with van der Waals surface area (Å²) in [6, 6.07) is 4.98. The van der Waals surface area contributed by atoms with Crippen LogP contribution in [0.4, 0.5) is 11.4 Å². The van der Waals surface area contributed by atoms with Gasteiger partial charge in [0.15, 0.2) is 0 Å². The summed E-state index contributed by atoms with van der Waals surface area (Å²) < 4.78 is 0.471. The van der Waals surface area contributed by atoms with Crippen LogP contribution in [0.5, 0.6) is 0 Å². The molecule has 0 amide bonds. The lowest BCUT2D eigenvalue weighted by Crippen LogP contribution is -2.25. The molecule has 1 atom stereocenters. The molecular formula is C9H12BrN3O2. The van der Waals surface area contributed by atoms with Crippen LogP contribution in [0.25, 0.3) is 0 Å². The molecule has 0 saturated heterocycles. The van der Waals surface area contributed by atoms with E-state index in [4.69, 9.17) is 5.73 Å². The number of hydrogen-bond donors (Lipinski definition) is 2. The Morgan fingerprint density at radius 1 is 1.67 bits per heavy atom. The van der Waals surface area contributed by atoms with Crippen LogP contribution in [0.2, 0.25) is 0 Å². The second-order valence-corrected chi connectivity index (χ2v) is 4.06. The van der Waals surface area contributed by atoms with E-state index in [1.165, 1.54) is 6.07 Å². The van der Waals surface area contributed by atoms with Crippen molar-refractivity contribution in [2.75, 3.05) is 11.9 Å². The number of halogens is 1. The number of benzene rings is 1. The number of nitrogens with zero attached hydrogens (tertiary/aromatic N) is 1. The highest BCUT2D eigenvalue weighted by Crippen LogP contribution is 2.27. The van der Waals surface area contributed by atoms with E-state index in [0.29, 0.717) is 16.7 Å². The van der Waals surface area contributed by atoms with Gasteiger partial charge in [-0.1, -0.05) is 0 Å². The van der Waals surface area contributed by atoms with Gasteiger partial charge in [0.1, 0.15) is 0 Å². The lowest BCUT2D eigenvalue weighted by atomic mass is 10.2. The average Bonchev–Trinajstić information content (AvgIpc) is 2.20. The Kier molecular flexibility index (Phi) is 4.05. The van der Waals surface area contributed by atoms with Gasteiger partial charge in [0.05, 0.1) is 9.40 Å². The zero-order valence-electron chi connectivity index (χ0n) is 8.24. The van der Waals surface area contributed by atoms with E-state index in [2.05, 4.69) is 21.2 Å². The molecule has 0 bridgehead atoms. The largest absolute Gasteiger partial charge is 0.381 e. The van der Waals surface area contributed by atoms with E-state index in [1.807, 2.05) is 6.92 Å². The van der Waals surface area contributed by atoms with Crippen molar-refractivity contribution in [2.45, 2.75) is 13.0 Å². The number of nitrogens with two attached hydrogens (primary N) is 1. The van der Waals surface area contributed by atoms with Gasteiger partial charge in [-0.15, -0.1) is 0 Å². The fourth-order valence-electron chi connectivity index (χ4n) is 1.09. The highest BCUT2D eigenvalue weighted by Gasteiger charge is 2.12. The molecule has 0 aliphatic heterocycles. The molecule has 1 unspecified atom stereocenters. The zero-order valence-corrected chi connectivity index (χ0v) is 9.82. The van der Waals surface area contributed by atoms with Crippen molar-refractivity contribution < 1.29 is 4.92 Å². The van der Waals surface area contributed by atoms with Gasteiger partial charge in [0, 0.05) is 24.3 Å². The van der Waals surface area contributed by atoms with Crippen molar-refractivity contribution in [3.8, 4) is 0 Å². The van der Waals surface area contributed by atoms with Crippen molar-refractivity contribution >= 4 is 27.3 Å². The Hall–Kier alpha value is -1.14. The third kappa shape index (κ3) is 3.17. The third-order valence-corrected chi connectivity index (χ3v) is 2.58. The average molecular weight is 274 g/mol. The first-order valence-corrected chi connectivity index (χ1v) is 5.24. The van der Waals surface area contributed by atoms with Crippen molar-refractivity contribution in [3.63, 3.8) is 0 Å². The second kappa shape index (κ2) is 5.09. The number of hydrogen-bond acceptors (Lipinski definition) is 4. The summed E-state index contributed by atoms with van der Waals surface area (Å²) in [5.74, 6) is 0. The molecule has 0 aliphatic rings. The van der Waals surface area contributed by atoms with Crippen LogP contribution < -0.4 is 11.1 Å². The van der Waals surface area contributed by atoms with Gasteiger partial charge in [-0.05, 0) is 35.0 Å². The number of nitro groups is 1. The summed E-state index contributed by atoms with van der Waals surface area (Å²) >= 11 is 3.12. The quantitative estimate of drug-likeness (QED) is 0.650. The normalized spacial score (nSPS) is 12.2. The second-order valence-electron chi connectivity index (χ2n) is 3.20. The zero-order chi connectivity index (χ0) is 11.4. The molecular weight excluding hydrogens is 262 g/mol. The van der Waals surface area contributed by atoms with Crippen molar-refractivity contribution in [1.29, 1.82) is 0 Å². The number of nitro benzene ring substituents is 1. The summed E-state index contributed by atoms with van der Waals surface area (Å²) in [4.78, 5) is 10.2. The fraction of sp³-hybridized carbons (Fsp3) is 0.333. The maximum absolute atomic E-state index is 10.7. The maximum Gasteiger partial charge on any atom is 0.285 e.